The van der Waals surface area contributed by atoms with Gasteiger partial charge in [-0.05, 0) is 35.9 Å². The molecule has 116 valence electrons. The summed E-state index contributed by atoms with van der Waals surface area (Å²) in [5.41, 5.74) is 1.51. The Labute approximate surface area is 143 Å². The molecular weight excluding hydrogens is 330 g/mol. The molecule has 0 aliphatic carbocycles. The van der Waals surface area contributed by atoms with Crippen LogP contribution in [0.2, 0.25) is 0 Å². The smallest absolute Gasteiger partial charge is 0.270 e. The van der Waals surface area contributed by atoms with Crippen molar-refractivity contribution in [3.05, 3.63) is 59.0 Å². The van der Waals surface area contributed by atoms with Crippen LogP contribution in [0.1, 0.15) is 5.56 Å². The van der Waals surface area contributed by atoms with Crippen LogP contribution in [0.15, 0.2) is 53.4 Å². The number of hydrogen-bond donors (Lipinski definition) is 1. The first-order chi connectivity index (χ1) is 11.1. The molecule has 0 bridgehead atoms. The van der Waals surface area contributed by atoms with E-state index in [1.165, 1.54) is 16.7 Å². The van der Waals surface area contributed by atoms with Crippen LogP contribution >= 0.6 is 24.0 Å². The molecule has 2 aromatic carbocycles. The summed E-state index contributed by atoms with van der Waals surface area (Å²) >= 11 is 6.59. The zero-order chi connectivity index (χ0) is 16.4. The minimum absolute atomic E-state index is 0.165. The van der Waals surface area contributed by atoms with Crippen LogP contribution in [0.4, 0.5) is 5.69 Å². The standard InChI is InChI=1S/C17H13NO3S2/c1-21-14-4-2-3-12(10-14)18-16(20)15(23-17(18)22)9-11-5-7-13(19)8-6-11/h2-10,19H,1H3/b15-9+. The lowest BCUT2D eigenvalue weighted by Gasteiger charge is -2.15. The maximum absolute atomic E-state index is 12.6. The molecule has 1 saturated heterocycles. The largest absolute Gasteiger partial charge is 0.508 e. The number of amides is 1. The van der Waals surface area contributed by atoms with Crippen LogP contribution in [-0.2, 0) is 4.79 Å². The van der Waals surface area contributed by atoms with Gasteiger partial charge in [-0.1, -0.05) is 42.2 Å². The first kappa shape index (κ1) is 15.6. The molecule has 0 atom stereocenters. The number of ether oxygens (including phenoxy) is 1. The fraction of sp³-hybridized carbons (Fsp3) is 0.0588. The molecule has 0 aromatic heterocycles. The van der Waals surface area contributed by atoms with Crippen molar-refractivity contribution in [1.29, 1.82) is 0 Å². The highest BCUT2D eigenvalue weighted by molar-refractivity contribution is 8.27. The third-order valence-electron chi connectivity index (χ3n) is 3.30. The number of phenolic OH excluding ortho intramolecular Hbond substituents is 1. The maximum Gasteiger partial charge on any atom is 0.270 e. The van der Waals surface area contributed by atoms with Crippen molar-refractivity contribution in [3.63, 3.8) is 0 Å². The van der Waals surface area contributed by atoms with Crippen molar-refractivity contribution in [2.24, 2.45) is 0 Å². The lowest BCUT2D eigenvalue weighted by molar-refractivity contribution is -0.113. The van der Waals surface area contributed by atoms with Gasteiger partial charge in [0.15, 0.2) is 4.32 Å². The van der Waals surface area contributed by atoms with Gasteiger partial charge in [-0.3, -0.25) is 9.69 Å². The molecule has 23 heavy (non-hydrogen) atoms. The monoisotopic (exact) mass is 343 g/mol. The van der Waals surface area contributed by atoms with E-state index in [1.807, 2.05) is 18.2 Å². The molecule has 0 spiro atoms. The van der Waals surface area contributed by atoms with Gasteiger partial charge in [0.05, 0.1) is 17.7 Å². The molecule has 0 unspecified atom stereocenters. The van der Waals surface area contributed by atoms with Crippen molar-refractivity contribution in [2.45, 2.75) is 0 Å². The summed E-state index contributed by atoms with van der Waals surface area (Å²) in [5, 5.41) is 9.32. The van der Waals surface area contributed by atoms with E-state index in [0.717, 1.165) is 5.56 Å². The van der Waals surface area contributed by atoms with Crippen LogP contribution < -0.4 is 9.64 Å². The summed E-state index contributed by atoms with van der Waals surface area (Å²) in [6, 6.07) is 13.9. The molecule has 0 radical (unpaired) electrons. The van der Waals surface area contributed by atoms with Gasteiger partial charge in [-0.2, -0.15) is 0 Å². The SMILES string of the molecule is COc1cccc(N2C(=O)/C(=C\c3ccc(O)cc3)SC2=S)c1. The van der Waals surface area contributed by atoms with E-state index < -0.39 is 0 Å². The quantitative estimate of drug-likeness (QED) is 0.678. The number of carbonyl (C=O) groups is 1. The number of thiocarbonyl (C=S) groups is 1. The molecule has 1 aliphatic heterocycles. The zero-order valence-corrected chi connectivity index (χ0v) is 13.9. The highest BCUT2D eigenvalue weighted by Gasteiger charge is 2.33. The second kappa shape index (κ2) is 6.44. The van der Waals surface area contributed by atoms with Gasteiger partial charge < -0.3 is 9.84 Å². The molecule has 2 aromatic rings. The number of phenols is 1. The predicted octanol–water partition coefficient (Wildman–Crippen LogP) is 3.81. The Balaban J connectivity index is 1.91. The maximum atomic E-state index is 12.6. The Bertz CT molecular complexity index is 800. The van der Waals surface area contributed by atoms with E-state index in [1.54, 1.807) is 43.5 Å². The number of benzene rings is 2. The molecule has 0 saturated carbocycles. The zero-order valence-electron chi connectivity index (χ0n) is 12.2. The summed E-state index contributed by atoms with van der Waals surface area (Å²) < 4.78 is 5.67. The molecule has 1 heterocycles. The number of hydrogen-bond acceptors (Lipinski definition) is 5. The Kier molecular flexibility index (Phi) is 4.36. The second-order valence-corrected chi connectivity index (χ2v) is 6.49. The summed E-state index contributed by atoms with van der Waals surface area (Å²) in [7, 11) is 1.58. The van der Waals surface area contributed by atoms with E-state index in [-0.39, 0.29) is 11.7 Å². The molecule has 1 fully saturated rings. The fourth-order valence-corrected chi connectivity index (χ4v) is 3.46. The molecular formula is C17H13NO3S2. The van der Waals surface area contributed by atoms with Gasteiger partial charge in [0.2, 0.25) is 0 Å². The number of anilines is 1. The number of carbonyl (C=O) groups excluding carboxylic acids is 1. The fourth-order valence-electron chi connectivity index (χ4n) is 2.16. The van der Waals surface area contributed by atoms with Crippen LogP contribution in [0, 0.1) is 0 Å². The van der Waals surface area contributed by atoms with Crippen LogP contribution in [-0.4, -0.2) is 22.4 Å². The van der Waals surface area contributed by atoms with E-state index in [4.69, 9.17) is 17.0 Å². The second-order valence-electron chi connectivity index (χ2n) is 4.81. The minimum atomic E-state index is -0.165. The number of rotatable bonds is 3. The van der Waals surface area contributed by atoms with Crippen molar-refractivity contribution >= 4 is 46.0 Å². The van der Waals surface area contributed by atoms with E-state index >= 15 is 0 Å². The Morgan fingerprint density at radius 2 is 1.96 bits per heavy atom. The third-order valence-corrected chi connectivity index (χ3v) is 4.60. The Hall–Kier alpha value is -2.31. The summed E-state index contributed by atoms with van der Waals surface area (Å²) in [6.45, 7) is 0. The Morgan fingerprint density at radius 3 is 2.65 bits per heavy atom. The van der Waals surface area contributed by atoms with Crippen molar-refractivity contribution in [2.75, 3.05) is 12.0 Å². The highest BCUT2D eigenvalue weighted by atomic mass is 32.2. The van der Waals surface area contributed by atoms with Crippen molar-refractivity contribution in [3.8, 4) is 11.5 Å². The highest BCUT2D eigenvalue weighted by Crippen LogP contribution is 2.37. The summed E-state index contributed by atoms with van der Waals surface area (Å²) in [4.78, 5) is 14.7. The van der Waals surface area contributed by atoms with Gasteiger partial charge in [-0.25, -0.2) is 0 Å². The lowest BCUT2D eigenvalue weighted by Crippen LogP contribution is -2.27. The predicted molar refractivity (Wildman–Crippen MR) is 96.8 cm³/mol. The molecule has 4 nitrogen and oxygen atoms in total. The lowest BCUT2D eigenvalue weighted by atomic mass is 10.2. The topological polar surface area (TPSA) is 49.8 Å². The van der Waals surface area contributed by atoms with Gasteiger partial charge in [0.25, 0.3) is 5.91 Å². The van der Waals surface area contributed by atoms with Crippen LogP contribution in [0.25, 0.3) is 6.08 Å². The van der Waals surface area contributed by atoms with E-state index in [0.29, 0.717) is 20.7 Å². The van der Waals surface area contributed by atoms with E-state index in [2.05, 4.69) is 0 Å². The molecule has 3 rings (SSSR count). The average Bonchev–Trinajstić information content (AvgIpc) is 2.83. The molecule has 1 amide bonds. The van der Waals surface area contributed by atoms with Crippen LogP contribution in [0.3, 0.4) is 0 Å². The molecule has 1 aliphatic rings. The van der Waals surface area contributed by atoms with Crippen LogP contribution in [0.5, 0.6) is 11.5 Å². The third kappa shape index (κ3) is 3.23. The van der Waals surface area contributed by atoms with Crippen molar-refractivity contribution < 1.29 is 14.6 Å². The van der Waals surface area contributed by atoms with E-state index in [9.17, 15) is 9.90 Å². The summed E-state index contributed by atoms with van der Waals surface area (Å²) in [6.07, 6.45) is 1.76. The average molecular weight is 343 g/mol. The summed E-state index contributed by atoms with van der Waals surface area (Å²) in [5.74, 6) is 0.687. The molecule has 6 heteroatoms. The number of methoxy groups -OCH3 is 1. The number of aromatic hydroxyl groups is 1. The van der Waals surface area contributed by atoms with Crippen molar-refractivity contribution in [1.82, 2.24) is 0 Å². The molecule has 1 N–H and O–H groups in total. The number of thioether (sulfide) groups is 1. The normalized spacial score (nSPS) is 16.2. The Morgan fingerprint density at radius 1 is 1.22 bits per heavy atom. The first-order valence-corrected chi connectivity index (χ1v) is 8.02. The number of nitrogens with zero attached hydrogens (tertiary/aromatic N) is 1. The van der Waals surface area contributed by atoms with Gasteiger partial charge in [-0.15, -0.1) is 0 Å². The first-order valence-electron chi connectivity index (χ1n) is 6.79. The minimum Gasteiger partial charge on any atom is -0.508 e. The van der Waals surface area contributed by atoms with Gasteiger partial charge in [0.1, 0.15) is 11.5 Å². The van der Waals surface area contributed by atoms with Gasteiger partial charge in [0, 0.05) is 6.07 Å². The van der Waals surface area contributed by atoms with Gasteiger partial charge >= 0.3 is 0 Å².